The van der Waals surface area contributed by atoms with Gasteiger partial charge in [-0.15, -0.1) is 22.7 Å². The van der Waals surface area contributed by atoms with Crippen LogP contribution in [0.5, 0.6) is 5.75 Å². The zero-order valence-electron chi connectivity index (χ0n) is 17.6. The van der Waals surface area contributed by atoms with Gasteiger partial charge in [-0.3, -0.25) is 4.79 Å². The smallest absolute Gasteiger partial charge is 0.255 e. The largest absolute Gasteiger partial charge is 0.486 e. The molecule has 5 aromatic rings. The van der Waals surface area contributed by atoms with Crippen LogP contribution >= 0.6 is 22.7 Å². The molecule has 1 amide bonds. The quantitative estimate of drug-likeness (QED) is 0.286. The van der Waals surface area contributed by atoms with Crippen LogP contribution in [-0.4, -0.2) is 15.9 Å². The summed E-state index contributed by atoms with van der Waals surface area (Å²) in [7, 11) is 0. The molecule has 0 aliphatic carbocycles. The number of nitrogens with one attached hydrogen (secondary N) is 1. The molecule has 0 spiro atoms. The van der Waals surface area contributed by atoms with Crippen LogP contribution in [0.15, 0.2) is 82.1 Å². The number of anilines is 1. The van der Waals surface area contributed by atoms with E-state index in [1.54, 1.807) is 41.9 Å². The average Bonchev–Trinajstić information content (AvgIpc) is 3.60. The standard InChI is InChI=1S/C25H19N3O3S2/c1-16-26-21(14-32-16)18-4-2-5-19(12-18)27-25(29)17-7-9-20(10-8-17)31-13-24-28-22(15-33-24)23-6-3-11-30-23/h2-12,14-15H,13H2,1H3,(H,27,29). The number of amides is 1. The maximum atomic E-state index is 12.7. The number of carbonyl (C=O) groups excluding carboxylic acids is 1. The SMILES string of the molecule is Cc1nc(-c2cccc(NC(=O)c3ccc(OCc4nc(-c5ccco5)cs4)cc3)c2)cs1. The Labute approximate surface area is 198 Å². The number of hydrogen-bond acceptors (Lipinski definition) is 7. The highest BCUT2D eigenvalue weighted by Gasteiger charge is 2.10. The van der Waals surface area contributed by atoms with E-state index in [9.17, 15) is 4.79 Å². The summed E-state index contributed by atoms with van der Waals surface area (Å²) in [5.74, 6) is 1.22. The van der Waals surface area contributed by atoms with Crippen molar-refractivity contribution in [3.8, 4) is 28.5 Å². The van der Waals surface area contributed by atoms with E-state index in [4.69, 9.17) is 9.15 Å². The number of furan rings is 1. The molecule has 0 saturated heterocycles. The monoisotopic (exact) mass is 473 g/mol. The Balaban J connectivity index is 1.19. The lowest BCUT2D eigenvalue weighted by Crippen LogP contribution is -2.11. The Bertz CT molecular complexity index is 1370. The minimum absolute atomic E-state index is 0.184. The first kappa shape index (κ1) is 21.1. The minimum atomic E-state index is -0.184. The van der Waals surface area contributed by atoms with Crippen molar-refractivity contribution in [1.29, 1.82) is 0 Å². The van der Waals surface area contributed by atoms with Crippen LogP contribution in [0.2, 0.25) is 0 Å². The molecule has 8 heteroatoms. The summed E-state index contributed by atoms with van der Waals surface area (Å²) in [4.78, 5) is 21.7. The van der Waals surface area contributed by atoms with Gasteiger partial charge in [-0.05, 0) is 55.5 Å². The third-order valence-corrected chi connectivity index (χ3v) is 6.44. The topological polar surface area (TPSA) is 77.2 Å². The van der Waals surface area contributed by atoms with Crippen LogP contribution in [0.3, 0.4) is 0 Å². The highest BCUT2D eigenvalue weighted by Crippen LogP contribution is 2.25. The number of benzene rings is 2. The van der Waals surface area contributed by atoms with E-state index < -0.39 is 0 Å². The molecule has 0 atom stereocenters. The van der Waals surface area contributed by atoms with Gasteiger partial charge in [-0.25, -0.2) is 9.97 Å². The van der Waals surface area contributed by atoms with E-state index in [1.807, 2.05) is 54.1 Å². The van der Waals surface area contributed by atoms with Crippen molar-refractivity contribution in [3.05, 3.63) is 93.3 Å². The van der Waals surface area contributed by atoms with Gasteiger partial charge in [-0.2, -0.15) is 0 Å². The molecular formula is C25H19N3O3S2. The Morgan fingerprint density at radius 3 is 2.61 bits per heavy atom. The molecule has 3 heterocycles. The van der Waals surface area contributed by atoms with Crippen LogP contribution in [0.4, 0.5) is 5.69 Å². The summed E-state index contributed by atoms with van der Waals surface area (Å²) < 4.78 is 11.2. The maximum Gasteiger partial charge on any atom is 0.255 e. The molecule has 0 bridgehead atoms. The van der Waals surface area contributed by atoms with Gasteiger partial charge in [-0.1, -0.05) is 12.1 Å². The van der Waals surface area contributed by atoms with Crippen molar-refractivity contribution < 1.29 is 13.9 Å². The third-order valence-electron chi connectivity index (χ3n) is 4.84. The molecule has 2 aromatic carbocycles. The van der Waals surface area contributed by atoms with Crippen LogP contribution < -0.4 is 10.1 Å². The van der Waals surface area contributed by atoms with E-state index in [1.165, 1.54) is 11.3 Å². The normalized spacial score (nSPS) is 10.8. The number of aryl methyl sites for hydroxylation is 1. The summed E-state index contributed by atoms with van der Waals surface area (Å²) in [5.41, 5.74) is 3.95. The number of thiazole rings is 2. The lowest BCUT2D eigenvalue weighted by molar-refractivity contribution is 0.102. The van der Waals surface area contributed by atoms with Gasteiger partial charge >= 0.3 is 0 Å². The molecule has 0 aliphatic rings. The minimum Gasteiger partial charge on any atom is -0.486 e. The summed E-state index contributed by atoms with van der Waals surface area (Å²) in [5, 5.41) is 8.75. The van der Waals surface area contributed by atoms with Crippen LogP contribution in [0, 0.1) is 6.92 Å². The summed E-state index contributed by atoms with van der Waals surface area (Å²) in [6.07, 6.45) is 1.63. The first-order chi connectivity index (χ1) is 16.1. The predicted molar refractivity (Wildman–Crippen MR) is 131 cm³/mol. The van der Waals surface area contributed by atoms with Gasteiger partial charge in [0.2, 0.25) is 0 Å². The lowest BCUT2D eigenvalue weighted by Gasteiger charge is -2.08. The molecule has 0 radical (unpaired) electrons. The summed E-state index contributed by atoms with van der Waals surface area (Å²) in [6, 6.07) is 18.4. The second kappa shape index (κ2) is 9.40. The zero-order valence-corrected chi connectivity index (χ0v) is 19.3. The molecule has 0 aliphatic heterocycles. The predicted octanol–water partition coefficient (Wildman–Crippen LogP) is 6.67. The van der Waals surface area contributed by atoms with E-state index >= 15 is 0 Å². The Kier molecular flexibility index (Phi) is 6.01. The van der Waals surface area contributed by atoms with Crippen LogP contribution in [-0.2, 0) is 6.61 Å². The number of hydrogen-bond donors (Lipinski definition) is 1. The molecule has 6 nitrogen and oxygen atoms in total. The Morgan fingerprint density at radius 2 is 1.85 bits per heavy atom. The van der Waals surface area contributed by atoms with Gasteiger partial charge in [0, 0.05) is 27.6 Å². The first-order valence-electron chi connectivity index (χ1n) is 10.2. The first-order valence-corrected chi connectivity index (χ1v) is 11.9. The van der Waals surface area contributed by atoms with Crippen molar-refractivity contribution in [1.82, 2.24) is 9.97 Å². The molecular weight excluding hydrogens is 454 g/mol. The highest BCUT2D eigenvalue weighted by atomic mass is 32.1. The zero-order chi connectivity index (χ0) is 22.6. The average molecular weight is 474 g/mol. The molecule has 0 saturated carbocycles. The number of aromatic nitrogens is 2. The molecule has 5 rings (SSSR count). The highest BCUT2D eigenvalue weighted by molar-refractivity contribution is 7.10. The number of carbonyl (C=O) groups is 1. The van der Waals surface area contributed by atoms with Gasteiger partial charge in [0.25, 0.3) is 5.91 Å². The molecule has 1 N–H and O–H groups in total. The third kappa shape index (κ3) is 5.02. The Hall–Kier alpha value is -3.75. The molecule has 33 heavy (non-hydrogen) atoms. The number of nitrogens with zero attached hydrogens (tertiary/aromatic N) is 2. The van der Waals surface area contributed by atoms with Gasteiger partial charge in [0.1, 0.15) is 23.1 Å². The fourth-order valence-electron chi connectivity index (χ4n) is 3.22. The van der Waals surface area contributed by atoms with Gasteiger partial charge in [0.05, 0.1) is 17.0 Å². The van der Waals surface area contributed by atoms with Crippen molar-refractivity contribution in [2.75, 3.05) is 5.32 Å². The Morgan fingerprint density at radius 1 is 1.00 bits per heavy atom. The summed E-state index contributed by atoms with van der Waals surface area (Å²) >= 11 is 3.12. The van der Waals surface area contributed by atoms with Gasteiger partial charge in [0.15, 0.2) is 5.76 Å². The van der Waals surface area contributed by atoms with Crippen molar-refractivity contribution in [2.24, 2.45) is 0 Å². The van der Waals surface area contributed by atoms with Gasteiger partial charge < -0.3 is 14.5 Å². The maximum absolute atomic E-state index is 12.7. The number of ether oxygens (including phenoxy) is 1. The molecule has 164 valence electrons. The summed E-state index contributed by atoms with van der Waals surface area (Å²) in [6.45, 7) is 2.32. The fraction of sp³-hybridized carbons (Fsp3) is 0.0800. The molecule has 0 unspecified atom stereocenters. The van der Waals surface area contributed by atoms with Crippen LogP contribution in [0.25, 0.3) is 22.7 Å². The lowest BCUT2D eigenvalue weighted by atomic mass is 10.1. The van der Waals surface area contributed by atoms with Crippen LogP contribution in [0.1, 0.15) is 20.4 Å². The van der Waals surface area contributed by atoms with Crippen molar-refractivity contribution in [2.45, 2.75) is 13.5 Å². The second-order valence-corrected chi connectivity index (χ2v) is 9.21. The van der Waals surface area contributed by atoms with E-state index in [-0.39, 0.29) is 5.91 Å². The van der Waals surface area contributed by atoms with E-state index in [2.05, 4.69) is 15.3 Å². The van der Waals surface area contributed by atoms with Crippen molar-refractivity contribution in [3.63, 3.8) is 0 Å². The van der Waals surface area contributed by atoms with E-state index in [0.717, 1.165) is 38.4 Å². The fourth-order valence-corrected chi connectivity index (χ4v) is 4.53. The second-order valence-electron chi connectivity index (χ2n) is 7.20. The number of rotatable bonds is 7. The molecule has 3 aromatic heterocycles. The molecule has 0 fully saturated rings. The van der Waals surface area contributed by atoms with E-state index in [0.29, 0.717) is 17.9 Å². The van der Waals surface area contributed by atoms with Crippen molar-refractivity contribution >= 4 is 34.3 Å².